The Labute approximate surface area is 133 Å². The lowest BCUT2D eigenvalue weighted by atomic mass is 10.2. The van der Waals surface area contributed by atoms with Crippen molar-refractivity contribution in [2.45, 2.75) is 25.5 Å². The molecule has 1 aromatic carbocycles. The van der Waals surface area contributed by atoms with Gasteiger partial charge >= 0.3 is 0 Å². The van der Waals surface area contributed by atoms with Crippen LogP contribution in [0.15, 0.2) is 30.5 Å². The highest BCUT2D eigenvalue weighted by Gasteiger charge is 2.29. The van der Waals surface area contributed by atoms with Crippen LogP contribution in [-0.4, -0.2) is 41.5 Å². The predicted octanol–water partition coefficient (Wildman–Crippen LogP) is 1.64. The number of nitrogens with one attached hydrogen (secondary N) is 2. The molecule has 1 aliphatic heterocycles. The molecule has 0 spiro atoms. The fourth-order valence-electron chi connectivity index (χ4n) is 2.70. The highest BCUT2D eigenvalue weighted by molar-refractivity contribution is 5.95. The number of hydrogen-bond acceptors (Lipinski definition) is 4. The van der Waals surface area contributed by atoms with E-state index in [0.717, 1.165) is 0 Å². The van der Waals surface area contributed by atoms with Crippen molar-refractivity contribution in [1.29, 1.82) is 0 Å². The van der Waals surface area contributed by atoms with Crippen LogP contribution in [0.4, 0.5) is 10.1 Å². The van der Waals surface area contributed by atoms with Gasteiger partial charge in [0, 0.05) is 13.7 Å². The van der Waals surface area contributed by atoms with Gasteiger partial charge in [-0.2, -0.15) is 5.10 Å². The van der Waals surface area contributed by atoms with Crippen molar-refractivity contribution >= 4 is 11.6 Å². The topological polar surface area (TPSA) is 68.2 Å². The molecule has 7 heteroatoms. The number of nitrogens with zero attached hydrogens (tertiary/aromatic N) is 2. The molecule has 122 valence electrons. The van der Waals surface area contributed by atoms with Crippen LogP contribution in [0, 0.1) is 12.7 Å². The summed E-state index contributed by atoms with van der Waals surface area (Å²) in [6, 6.07) is 6.09. The summed E-state index contributed by atoms with van der Waals surface area (Å²) in [6.07, 6.45) is 2.21. The molecule has 1 saturated heterocycles. The van der Waals surface area contributed by atoms with Crippen molar-refractivity contribution in [3.63, 3.8) is 0 Å². The maximum atomic E-state index is 13.9. The molecule has 2 aromatic rings. The maximum absolute atomic E-state index is 13.9. The van der Waals surface area contributed by atoms with E-state index in [4.69, 9.17) is 4.74 Å². The lowest BCUT2D eigenvalue weighted by Gasteiger charge is -2.11. The summed E-state index contributed by atoms with van der Waals surface area (Å²) >= 11 is 0. The van der Waals surface area contributed by atoms with E-state index in [9.17, 15) is 9.18 Å². The number of rotatable bonds is 4. The zero-order chi connectivity index (χ0) is 16.4. The van der Waals surface area contributed by atoms with Crippen LogP contribution in [-0.2, 0) is 9.53 Å². The number of benzene rings is 1. The summed E-state index contributed by atoms with van der Waals surface area (Å²) in [6.45, 7) is 2.44. The third-order valence-corrected chi connectivity index (χ3v) is 4.09. The first-order valence-corrected chi connectivity index (χ1v) is 7.46. The second-order valence-electron chi connectivity index (χ2n) is 5.55. The third-order valence-electron chi connectivity index (χ3n) is 4.09. The number of ether oxygens (including phenoxy) is 1. The third kappa shape index (κ3) is 3.11. The number of methoxy groups -OCH3 is 1. The van der Waals surface area contributed by atoms with E-state index in [1.165, 1.54) is 16.9 Å². The fraction of sp³-hybridized carbons (Fsp3) is 0.375. The number of halogens is 1. The molecule has 1 aromatic heterocycles. The van der Waals surface area contributed by atoms with Crippen LogP contribution in [0.5, 0.6) is 0 Å². The number of aromatic nitrogens is 2. The Kier molecular flexibility index (Phi) is 4.40. The molecule has 2 N–H and O–H groups in total. The highest BCUT2D eigenvalue weighted by atomic mass is 19.1. The van der Waals surface area contributed by atoms with Gasteiger partial charge in [0.25, 0.3) is 0 Å². The number of para-hydroxylation sites is 1. The predicted molar refractivity (Wildman–Crippen MR) is 84.1 cm³/mol. The Bertz CT molecular complexity index is 716. The molecule has 0 aliphatic carbocycles. The van der Waals surface area contributed by atoms with Crippen molar-refractivity contribution in [2.75, 3.05) is 19.0 Å². The molecule has 1 fully saturated rings. The van der Waals surface area contributed by atoms with Crippen molar-refractivity contribution in [2.24, 2.45) is 0 Å². The lowest BCUT2D eigenvalue weighted by molar-refractivity contribution is -0.118. The van der Waals surface area contributed by atoms with Gasteiger partial charge in [-0.1, -0.05) is 12.1 Å². The minimum atomic E-state index is -0.364. The van der Waals surface area contributed by atoms with E-state index < -0.39 is 0 Å². The zero-order valence-electron chi connectivity index (χ0n) is 13.0. The van der Waals surface area contributed by atoms with Crippen LogP contribution in [0.1, 0.15) is 12.1 Å². The monoisotopic (exact) mass is 318 g/mol. The van der Waals surface area contributed by atoms with Crippen LogP contribution >= 0.6 is 0 Å². The van der Waals surface area contributed by atoms with Crippen LogP contribution in [0.25, 0.3) is 5.69 Å². The largest absolute Gasteiger partial charge is 0.380 e. The van der Waals surface area contributed by atoms with Gasteiger partial charge in [0.2, 0.25) is 5.91 Å². The fourth-order valence-corrected chi connectivity index (χ4v) is 2.70. The lowest BCUT2D eigenvalue weighted by Crippen LogP contribution is -2.35. The van der Waals surface area contributed by atoms with Gasteiger partial charge in [-0.05, 0) is 25.5 Å². The molecule has 3 rings (SSSR count). The van der Waals surface area contributed by atoms with E-state index >= 15 is 0 Å². The number of hydrogen-bond donors (Lipinski definition) is 2. The van der Waals surface area contributed by atoms with E-state index in [1.54, 1.807) is 32.2 Å². The van der Waals surface area contributed by atoms with Gasteiger partial charge < -0.3 is 15.4 Å². The van der Waals surface area contributed by atoms with E-state index in [1.807, 2.05) is 0 Å². The SMILES string of the molecule is CO[C@H]1CN[C@@H](C(=O)Nc2cnn(-c3ccccc3F)c2C)C1. The minimum absolute atomic E-state index is 0.0491. The highest BCUT2D eigenvalue weighted by Crippen LogP contribution is 2.21. The summed E-state index contributed by atoms with van der Waals surface area (Å²) in [7, 11) is 1.63. The number of amides is 1. The second-order valence-corrected chi connectivity index (χ2v) is 5.55. The average Bonchev–Trinajstić information content (AvgIpc) is 3.16. The molecule has 2 heterocycles. The van der Waals surface area contributed by atoms with Gasteiger partial charge in [0.15, 0.2) is 0 Å². The first-order valence-electron chi connectivity index (χ1n) is 7.46. The van der Waals surface area contributed by atoms with Crippen molar-refractivity contribution in [3.8, 4) is 5.69 Å². The first-order chi connectivity index (χ1) is 11.1. The smallest absolute Gasteiger partial charge is 0.241 e. The molecule has 0 radical (unpaired) electrons. The van der Waals surface area contributed by atoms with Crippen molar-refractivity contribution in [1.82, 2.24) is 15.1 Å². The normalized spacial score (nSPS) is 20.7. The summed E-state index contributed by atoms with van der Waals surface area (Å²) in [5, 5.41) is 10.1. The Morgan fingerprint density at radius 1 is 1.48 bits per heavy atom. The second kappa shape index (κ2) is 6.47. The van der Waals surface area contributed by atoms with Gasteiger partial charge in [-0.15, -0.1) is 0 Å². The quantitative estimate of drug-likeness (QED) is 0.899. The Balaban J connectivity index is 1.75. The maximum Gasteiger partial charge on any atom is 0.241 e. The van der Waals surface area contributed by atoms with Gasteiger partial charge in [-0.3, -0.25) is 4.79 Å². The van der Waals surface area contributed by atoms with Gasteiger partial charge in [0.1, 0.15) is 11.5 Å². The van der Waals surface area contributed by atoms with Gasteiger partial charge in [-0.25, -0.2) is 9.07 Å². The van der Waals surface area contributed by atoms with Crippen LogP contribution < -0.4 is 10.6 Å². The van der Waals surface area contributed by atoms with Crippen molar-refractivity contribution in [3.05, 3.63) is 42.0 Å². The molecule has 1 aliphatic rings. The minimum Gasteiger partial charge on any atom is -0.380 e. The summed E-state index contributed by atoms with van der Waals surface area (Å²) in [5.74, 6) is -0.502. The van der Waals surface area contributed by atoms with Gasteiger partial charge in [0.05, 0.1) is 29.7 Å². The molecule has 1 amide bonds. The molecule has 0 unspecified atom stereocenters. The van der Waals surface area contributed by atoms with E-state index in [-0.39, 0.29) is 23.9 Å². The van der Waals surface area contributed by atoms with E-state index in [2.05, 4.69) is 15.7 Å². The number of carbonyl (C=O) groups is 1. The number of anilines is 1. The molecule has 23 heavy (non-hydrogen) atoms. The van der Waals surface area contributed by atoms with Crippen molar-refractivity contribution < 1.29 is 13.9 Å². The molecular formula is C16H19FN4O2. The summed E-state index contributed by atoms with van der Waals surface area (Å²) in [5.41, 5.74) is 1.59. The molecule has 6 nitrogen and oxygen atoms in total. The Hall–Kier alpha value is -2.25. The first kappa shape index (κ1) is 15.6. The zero-order valence-corrected chi connectivity index (χ0v) is 13.0. The average molecular weight is 318 g/mol. The van der Waals surface area contributed by atoms with Crippen LogP contribution in [0.3, 0.4) is 0 Å². The Morgan fingerprint density at radius 2 is 2.26 bits per heavy atom. The molecular weight excluding hydrogens is 299 g/mol. The Morgan fingerprint density at radius 3 is 2.96 bits per heavy atom. The molecule has 0 saturated carbocycles. The van der Waals surface area contributed by atoms with Crippen LogP contribution in [0.2, 0.25) is 0 Å². The van der Waals surface area contributed by atoms with E-state index in [0.29, 0.717) is 30.0 Å². The molecule has 2 atom stereocenters. The summed E-state index contributed by atoms with van der Waals surface area (Å²) < 4.78 is 20.6. The molecule has 0 bridgehead atoms. The summed E-state index contributed by atoms with van der Waals surface area (Å²) in [4.78, 5) is 12.3. The number of carbonyl (C=O) groups excluding carboxylic acids is 1. The standard InChI is InChI=1S/C16H19FN4O2/c1-10-14(20-16(22)13-7-11(23-2)8-18-13)9-19-21(10)15-6-4-3-5-12(15)17/h3-6,9,11,13,18H,7-8H2,1-2H3,(H,20,22)/t11-,13-/m1/s1.